The van der Waals surface area contributed by atoms with Gasteiger partial charge in [-0.15, -0.1) is 5.71 Å². The van der Waals surface area contributed by atoms with Crippen LogP contribution in [-0.2, 0) is 0 Å². The molecule has 0 saturated carbocycles. The van der Waals surface area contributed by atoms with Gasteiger partial charge in [0.1, 0.15) is 0 Å². The van der Waals surface area contributed by atoms with E-state index in [1.807, 2.05) is 0 Å². The highest BCUT2D eigenvalue weighted by molar-refractivity contribution is 6.16. The Balaban J connectivity index is 3.16. The predicted octanol–water partition coefficient (Wildman–Crippen LogP) is 0.321. The molecule has 0 radical (unpaired) electrons. The minimum Gasteiger partial charge on any atom is -0.803 e. The van der Waals surface area contributed by atoms with Crippen molar-refractivity contribution in [3.05, 3.63) is 23.1 Å². The zero-order valence-electron chi connectivity index (χ0n) is 5.13. The van der Waals surface area contributed by atoms with E-state index in [-0.39, 0.29) is 5.71 Å². The lowest BCUT2D eigenvalue weighted by molar-refractivity contribution is 1.66. The standard InChI is InChI=1S/C7H6N2/c1-6-5-9-4-2-3-7(6)8/h2-4H,1H3. The molecule has 0 N–H and O–H groups in total. The molecule has 2 heteroatoms. The molecule has 1 heterocycles. The lowest BCUT2D eigenvalue weighted by atomic mass is 10.2. The summed E-state index contributed by atoms with van der Waals surface area (Å²) >= 11 is 0. The van der Waals surface area contributed by atoms with Gasteiger partial charge in [0, 0.05) is 6.08 Å². The SMILES string of the molecule is CC1=C=[N+]=CC=CC1=[N-]. The first-order valence-corrected chi connectivity index (χ1v) is 2.66. The molecule has 0 aromatic carbocycles. The Labute approximate surface area is 53.5 Å². The van der Waals surface area contributed by atoms with Crippen LogP contribution in [0.4, 0.5) is 0 Å². The van der Waals surface area contributed by atoms with Crippen molar-refractivity contribution in [2.45, 2.75) is 6.92 Å². The van der Waals surface area contributed by atoms with E-state index in [0.717, 1.165) is 0 Å². The van der Waals surface area contributed by atoms with Crippen molar-refractivity contribution in [3.8, 4) is 0 Å². The van der Waals surface area contributed by atoms with Crippen LogP contribution < -0.4 is 4.67 Å². The number of nitrogens with zero attached hydrogens (tertiary/aromatic N) is 2. The summed E-state index contributed by atoms with van der Waals surface area (Å²) in [6.07, 6.45) is 4.82. The van der Waals surface area contributed by atoms with Gasteiger partial charge in [0.25, 0.3) is 0 Å². The summed E-state index contributed by atoms with van der Waals surface area (Å²) in [6.45, 7) is 1.75. The molecule has 44 valence electrons. The first kappa shape index (κ1) is 5.77. The van der Waals surface area contributed by atoms with Gasteiger partial charge in [0.2, 0.25) is 0 Å². The van der Waals surface area contributed by atoms with Gasteiger partial charge >= 0.3 is 12.1 Å². The van der Waals surface area contributed by atoms with Crippen LogP contribution in [0.5, 0.6) is 0 Å². The molecule has 0 saturated heterocycles. The van der Waals surface area contributed by atoms with Gasteiger partial charge < -0.3 is 5.41 Å². The lowest BCUT2D eigenvalue weighted by Crippen LogP contribution is -1.90. The molecule has 0 atom stereocenters. The third-order valence-electron chi connectivity index (χ3n) is 1.03. The second kappa shape index (κ2) is 2.27. The number of hydrogen-bond acceptors (Lipinski definition) is 0. The maximum Gasteiger partial charge on any atom is 0.313 e. The summed E-state index contributed by atoms with van der Waals surface area (Å²) in [4.78, 5) is 0. The molecule has 0 aromatic rings. The third-order valence-corrected chi connectivity index (χ3v) is 1.03. The molecule has 0 bridgehead atoms. The van der Waals surface area contributed by atoms with Crippen molar-refractivity contribution < 1.29 is 0 Å². The summed E-state index contributed by atoms with van der Waals surface area (Å²) in [5.74, 6) is 2.63. The highest BCUT2D eigenvalue weighted by atomic mass is 14.5. The van der Waals surface area contributed by atoms with Crippen LogP contribution in [0, 0.1) is 0 Å². The Morgan fingerprint density at radius 1 is 1.67 bits per heavy atom. The maximum atomic E-state index is 9.01. The lowest BCUT2D eigenvalue weighted by Gasteiger charge is -1.97. The molecule has 1 rings (SSSR count). The van der Waals surface area contributed by atoms with E-state index >= 15 is 0 Å². The summed E-state index contributed by atoms with van der Waals surface area (Å²) in [7, 11) is 0. The average molecular weight is 118 g/mol. The fourth-order valence-corrected chi connectivity index (χ4v) is 0.494. The molecular formula is C7H6N2. The van der Waals surface area contributed by atoms with E-state index in [4.69, 9.17) is 5.41 Å². The Kier molecular flexibility index (Phi) is 1.46. The van der Waals surface area contributed by atoms with Crippen LogP contribution in [-0.4, -0.2) is 17.8 Å². The van der Waals surface area contributed by atoms with Gasteiger partial charge in [-0.25, -0.2) is 0 Å². The van der Waals surface area contributed by atoms with Crippen molar-refractivity contribution >= 4 is 17.8 Å². The average Bonchev–Trinajstić information content (AvgIpc) is 1.99. The smallest absolute Gasteiger partial charge is 0.313 e. The maximum absolute atomic E-state index is 9.01. The normalized spacial score (nSPS) is 15.7. The molecule has 0 aromatic heterocycles. The number of hydrogen-bond donors (Lipinski definition) is 0. The van der Waals surface area contributed by atoms with E-state index in [0.29, 0.717) is 5.57 Å². The molecule has 0 aliphatic carbocycles. The van der Waals surface area contributed by atoms with Crippen LogP contribution in [0.1, 0.15) is 6.92 Å². The molecule has 0 amide bonds. The largest absolute Gasteiger partial charge is 0.803 e. The van der Waals surface area contributed by atoms with Crippen LogP contribution in [0.15, 0.2) is 17.7 Å². The molecule has 0 unspecified atom stereocenters. The third kappa shape index (κ3) is 1.26. The topological polar surface area (TPSA) is 36.4 Å². The summed E-state index contributed by atoms with van der Waals surface area (Å²) in [5.41, 5.74) is 0.896. The van der Waals surface area contributed by atoms with Gasteiger partial charge in [-0.1, -0.05) is 6.08 Å². The Morgan fingerprint density at radius 2 is 2.44 bits per heavy atom. The van der Waals surface area contributed by atoms with E-state index in [1.165, 1.54) is 0 Å². The number of rotatable bonds is 0. The highest BCUT2D eigenvalue weighted by Gasteiger charge is 1.90. The summed E-state index contributed by atoms with van der Waals surface area (Å²) in [6, 6.07) is 0. The minimum atomic E-state index is 0.229. The molecule has 0 spiro atoms. The van der Waals surface area contributed by atoms with E-state index in [1.54, 1.807) is 25.3 Å². The molecule has 0 fully saturated rings. The minimum absolute atomic E-state index is 0.229. The van der Waals surface area contributed by atoms with Crippen LogP contribution >= 0.6 is 0 Å². The first-order chi connectivity index (χ1) is 4.30. The summed E-state index contributed by atoms with van der Waals surface area (Å²) < 4.78 is 3.72. The predicted molar refractivity (Wildman–Crippen MR) is 39.9 cm³/mol. The van der Waals surface area contributed by atoms with Crippen molar-refractivity contribution in [1.29, 1.82) is 0 Å². The Hall–Kier alpha value is -1.36. The van der Waals surface area contributed by atoms with Crippen molar-refractivity contribution in [1.82, 2.24) is 4.67 Å². The van der Waals surface area contributed by atoms with Crippen molar-refractivity contribution in [2.75, 3.05) is 0 Å². The fraction of sp³-hybridized carbons (Fsp3) is 0.143. The Morgan fingerprint density at radius 3 is 3.22 bits per heavy atom. The van der Waals surface area contributed by atoms with Gasteiger partial charge in [-0.3, -0.25) is 0 Å². The highest BCUT2D eigenvalue weighted by Crippen LogP contribution is 1.91. The van der Waals surface area contributed by atoms with E-state index < -0.39 is 0 Å². The second-order valence-electron chi connectivity index (χ2n) is 1.76. The van der Waals surface area contributed by atoms with Gasteiger partial charge in [-0.05, 0) is 11.6 Å². The molecule has 1 aliphatic rings. The quantitative estimate of drug-likeness (QED) is 0.411. The molecule has 9 heavy (non-hydrogen) atoms. The van der Waals surface area contributed by atoms with Crippen molar-refractivity contribution in [2.24, 2.45) is 0 Å². The van der Waals surface area contributed by atoms with Crippen LogP contribution in [0.25, 0.3) is 5.41 Å². The molecule has 1 aliphatic heterocycles. The number of allylic oxidation sites excluding steroid dienone is 3. The van der Waals surface area contributed by atoms with Crippen LogP contribution in [0.3, 0.4) is 0 Å². The van der Waals surface area contributed by atoms with Crippen LogP contribution in [0.2, 0.25) is 0 Å². The Bertz CT molecular complexity index is 259. The van der Waals surface area contributed by atoms with E-state index in [2.05, 4.69) is 10.5 Å². The fourth-order valence-electron chi connectivity index (χ4n) is 0.494. The first-order valence-electron chi connectivity index (χ1n) is 2.66. The van der Waals surface area contributed by atoms with Crippen molar-refractivity contribution in [3.63, 3.8) is 0 Å². The zero-order valence-corrected chi connectivity index (χ0v) is 5.13. The van der Waals surface area contributed by atoms with E-state index in [9.17, 15) is 0 Å². The zero-order chi connectivity index (χ0) is 6.69. The monoisotopic (exact) mass is 118 g/mol. The van der Waals surface area contributed by atoms with Gasteiger partial charge in [0.05, 0.1) is 5.57 Å². The van der Waals surface area contributed by atoms with Gasteiger partial charge in [-0.2, -0.15) is 0 Å². The summed E-state index contributed by atoms with van der Waals surface area (Å²) in [5, 5.41) is 9.01. The molecular weight excluding hydrogens is 112 g/mol. The second-order valence-corrected chi connectivity index (χ2v) is 1.76. The molecule has 2 nitrogen and oxygen atoms in total. The van der Waals surface area contributed by atoms with Gasteiger partial charge in [0.15, 0.2) is 0 Å².